The van der Waals surface area contributed by atoms with E-state index in [0.717, 1.165) is 25.0 Å². The fraction of sp³-hybridized carbons (Fsp3) is 0.333. The molecule has 4 nitrogen and oxygen atoms in total. The van der Waals surface area contributed by atoms with Crippen LogP contribution in [0.4, 0.5) is 0 Å². The van der Waals surface area contributed by atoms with E-state index in [4.69, 9.17) is 0 Å². The van der Waals surface area contributed by atoms with E-state index in [1.807, 2.05) is 18.2 Å². The molecule has 1 N–H and O–H groups in total. The summed E-state index contributed by atoms with van der Waals surface area (Å²) in [6, 6.07) is 7.70. The fourth-order valence-electron chi connectivity index (χ4n) is 2.42. The van der Waals surface area contributed by atoms with E-state index in [1.165, 1.54) is 0 Å². The summed E-state index contributed by atoms with van der Waals surface area (Å²) in [4.78, 5) is 16.4. The lowest BCUT2D eigenvalue weighted by Crippen LogP contribution is -2.30. The first-order valence-corrected chi connectivity index (χ1v) is 6.68. The van der Waals surface area contributed by atoms with Gasteiger partial charge in [0.25, 0.3) is 5.56 Å². The molecular formula is C15H17N3O. The zero-order valence-corrected chi connectivity index (χ0v) is 10.7. The molecule has 3 rings (SSSR count). The van der Waals surface area contributed by atoms with Gasteiger partial charge in [-0.05, 0) is 31.4 Å². The molecule has 19 heavy (non-hydrogen) atoms. The van der Waals surface area contributed by atoms with Crippen molar-refractivity contribution >= 4 is 5.65 Å². The number of pyridine rings is 1. The number of hydrogen-bond acceptors (Lipinski definition) is 3. The van der Waals surface area contributed by atoms with E-state index in [-0.39, 0.29) is 5.56 Å². The molecule has 0 fully saturated rings. The first-order chi connectivity index (χ1) is 9.33. The Bertz CT molecular complexity index is 660. The van der Waals surface area contributed by atoms with Crippen LogP contribution in [0.15, 0.2) is 47.4 Å². The largest absolute Gasteiger partial charge is 0.308 e. The van der Waals surface area contributed by atoms with Crippen LogP contribution in [-0.4, -0.2) is 15.4 Å². The van der Waals surface area contributed by atoms with Crippen molar-refractivity contribution in [2.45, 2.75) is 31.8 Å². The van der Waals surface area contributed by atoms with Gasteiger partial charge >= 0.3 is 0 Å². The summed E-state index contributed by atoms with van der Waals surface area (Å²) in [5.41, 5.74) is 1.49. The molecule has 1 aliphatic rings. The number of nitrogens with zero attached hydrogens (tertiary/aromatic N) is 2. The number of hydrogen-bond donors (Lipinski definition) is 1. The molecule has 0 radical (unpaired) electrons. The molecule has 0 bridgehead atoms. The van der Waals surface area contributed by atoms with E-state index >= 15 is 0 Å². The van der Waals surface area contributed by atoms with E-state index in [2.05, 4.69) is 22.5 Å². The van der Waals surface area contributed by atoms with Crippen LogP contribution < -0.4 is 10.9 Å². The summed E-state index contributed by atoms with van der Waals surface area (Å²) in [5, 5.41) is 3.47. The second-order valence-electron chi connectivity index (χ2n) is 4.88. The molecule has 0 saturated heterocycles. The Morgan fingerprint density at radius 2 is 2.32 bits per heavy atom. The van der Waals surface area contributed by atoms with Gasteiger partial charge in [0, 0.05) is 24.8 Å². The quantitative estimate of drug-likeness (QED) is 0.852. The minimum absolute atomic E-state index is 0.0223. The van der Waals surface area contributed by atoms with Gasteiger partial charge in [0.1, 0.15) is 5.65 Å². The van der Waals surface area contributed by atoms with Crippen molar-refractivity contribution in [3.8, 4) is 0 Å². The average Bonchev–Trinajstić information content (AvgIpc) is 2.46. The third-order valence-electron chi connectivity index (χ3n) is 3.46. The van der Waals surface area contributed by atoms with Gasteiger partial charge in [-0.25, -0.2) is 4.98 Å². The van der Waals surface area contributed by atoms with Crippen LogP contribution in [0.5, 0.6) is 0 Å². The minimum Gasteiger partial charge on any atom is -0.308 e. The van der Waals surface area contributed by atoms with Gasteiger partial charge in [0.2, 0.25) is 0 Å². The highest BCUT2D eigenvalue weighted by molar-refractivity contribution is 5.37. The van der Waals surface area contributed by atoms with E-state index in [0.29, 0.717) is 18.2 Å². The second-order valence-corrected chi connectivity index (χ2v) is 4.88. The molecule has 0 saturated carbocycles. The predicted molar refractivity (Wildman–Crippen MR) is 75.1 cm³/mol. The van der Waals surface area contributed by atoms with E-state index in [1.54, 1.807) is 16.7 Å². The number of nitrogens with one attached hydrogen (secondary N) is 1. The summed E-state index contributed by atoms with van der Waals surface area (Å²) in [5.74, 6) is 0. The third kappa shape index (κ3) is 2.74. The van der Waals surface area contributed by atoms with Crippen molar-refractivity contribution in [1.29, 1.82) is 0 Å². The molecule has 2 aromatic rings. The molecule has 0 spiro atoms. The number of allylic oxidation sites excluding steroid dienone is 1. The molecule has 4 heteroatoms. The molecule has 2 heterocycles. The van der Waals surface area contributed by atoms with Gasteiger partial charge in [-0.15, -0.1) is 0 Å². The van der Waals surface area contributed by atoms with Gasteiger partial charge in [0.05, 0.1) is 5.69 Å². The van der Waals surface area contributed by atoms with Crippen LogP contribution in [0.25, 0.3) is 5.65 Å². The molecule has 0 aromatic carbocycles. The van der Waals surface area contributed by atoms with Crippen LogP contribution >= 0.6 is 0 Å². The highest BCUT2D eigenvalue weighted by atomic mass is 16.1. The topological polar surface area (TPSA) is 46.4 Å². The van der Waals surface area contributed by atoms with Gasteiger partial charge in [-0.2, -0.15) is 0 Å². The lowest BCUT2D eigenvalue weighted by atomic mass is 10.0. The highest BCUT2D eigenvalue weighted by Crippen LogP contribution is 2.11. The van der Waals surface area contributed by atoms with Gasteiger partial charge in [0.15, 0.2) is 0 Å². The van der Waals surface area contributed by atoms with Crippen molar-refractivity contribution in [1.82, 2.24) is 14.7 Å². The summed E-state index contributed by atoms with van der Waals surface area (Å²) >= 11 is 0. The van der Waals surface area contributed by atoms with Crippen molar-refractivity contribution in [2.75, 3.05) is 0 Å². The first-order valence-electron chi connectivity index (χ1n) is 6.68. The second kappa shape index (κ2) is 5.36. The molecule has 0 aliphatic heterocycles. The average molecular weight is 255 g/mol. The smallest absolute Gasteiger partial charge is 0.258 e. The Morgan fingerprint density at radius 1 is 1.37 bits per heavy atom. The summed E-state index contributed by atoms with van der Waals surface area (Å²) in [6.45, 7) is 0.652. The van der Waals surface area contributed by atoms with Gasteiger partial charge in [-0.1, -0.05) is 18.2 Å². The normalized spacial score (nSPS) is 18.8. The van der Waals surface area contributed by atoms with E-state index < -0.39 is 0 Å². The Labute approximate surface area is 111 Å². The Morgan fingerprint density at radius 3 is 3.16 bits per heavy atom. The zero-order chi connectivity index (χ0) is 13.1. The van der Waals surface area contributed by atoms with Crippen LogP contribution in [0.1, 0.15) is 25.0 Å². The zero-order valence-electron chi connectivity index (χ0n) is 10.7. The molecule has 2 aromatic heterocycles. The summed E-state index contributed by atoms with van der Waals surface area (Å²) in [7, 11) is 0. The molecular weight excluding hydrogens is 238 g/mol. The van der Waals surface area contributed by atoms with Crippen LogP contribution in [0.2, 0.25) is 0 Å². The van der Waals surface area contributed by atoms with Crippen molar-refractivity contribution in [2.24, 2.45) is 0 Å². The van der Waals surface area contributed by atoms with Gasteiger partial charge in [-0.3, -0.25) is 9.20 Å². The predicted octanol–water partition coefficient (Wildman–Crippen LogP) is 1.89. The first kappa shape index (κ1) is 12.1. The van der Waals surface area contributed by atoms with Gasteiger partial charge < -0.3 is 5.32 Å². The fourth-order valence-corrected chi connectivity index (χ4v) is 2.42. The summed E-state index contributed by atoms with van der Waals surface area (Å²) in [6.07, 6.45) is 9.53. The maximum atomic E-state index is 11.9. The Balaban J connectivity index is 1.77. The van der Waals surface area contributed by atoms with Crippen LogP contribution in [-0.2, 0) is 6.54 Å². The lowest BCUT2D eigenvalue weighted by molar-refractivity contribution is 0.471. The highest BCUT2D eigenvalue weighted by Gasteiger charge is 2.09. The van der Waals surface area contributed by atoms with Crippen LogP contribution in [0, 0.1) is 0 Å². The van der Waals surface area contributed by atoms with E-state index in [9.17, 15) is 4.79 Å². The van der Waals surface area contributed by atoms with Crippen molar-refractivity contribution < 1.29 is 0 Å². The SMILES string of the molecule is O=c1cc(CNC2CC=CCC2)nc2ccccn12. The molecule has 1 unspecified atom stereocenters. The number of fused-ring (bicyclic) bond motifs is 1. The van der Waals surface area contributed by atoms with Crippen molar-refractivity contribution in [3.63, 3.8) is 0 Å². The molecule has 1 aliphatic carbocycles. The maximum absolute atomic E-state index is 11.9. The van der Waals surface area contributed by atoms with Crippen molar-refractivity contribution in [3.05, 3.63) is 58.7 Å². The number of rotatable bonds is 3. The maximum Gasteiger partial charge on any atom is 0.258 e. The molecule has 98 valence electrons. The third-order valence-corrected chi connectivity index (χ3v) is 3.46. The van der Waals surface area contributed by atoms with Crippen LogP contribution in [0.3, 0.4) is 0 Å². The monoisotopic (exact) mass is 255 g/mol. The molecule has 0 amide bonds. The lowest BCUT2D eigenvalue weighted by Gasteiger charge is -2.19. The molecule has 1 atom stereocenters. The standard InChI is InChI=1S/C15H17N3O/c19-15-10-13(11-16-12-6-2-1-3-7-12)17-14-8-4-5-9-18(14)15/h1-2,4-5,8-10,12,16H,3,6-7,11H2. The summed E-state index contributed by atoms with van der Waals surface area (Å²) < 4.78 is 1.56. The minimum atomic E-state index is -0.0223. The Hall–Kier alpha value is -1.94. The number of aromatic nitrogens is 2. The Kier molecular flexibility index (Phi) is 3.42.